The fraction of sp³-hybridized carbons (Fsp3) is 0. The van der Waals surface area contributed by atoms with Gasteiger partial charge in [-0.15, -0.1) is 0 Å². The third kappa shape index (κ3) is 8.76. The number of rotatable bonds is 6. The molecular formula is C8H5AlN8S12. The summed E-state index contributed by atoms with van der Waals surface area (Å²) < 4.78 is 6.22. The molecule has 0 aliphatic rings. The Balaban J connectivity index is 0.000000290. The van der Waals surface area contributed by atoms with Crippen LogP contribution in [0.25, 0.3) is 0 Å². The van der Waals surface area contributed by atoms with Gasteiger partial charge in [0.15, 0.2) is 32.8 Å². The zero-order chi connectivity index (χ0) is 20.8. The molecular weight excluding hydrogens is 620 g/mol. The summed E-state index contributed by atoms with van der Waals surface area (Å²) in [6, 6.07) is 0. The highest BCUT2D eigenvalue weighted by atomic mass is 32.7. The molecule has 4 aromatic rings. The van der Waals surface area contributed by atoms with Crippen LogP contribution in [0.5, 0.6) is 0 Å². The minimum Gasteiger partial charge on any atom is -0.281 e. The first-order valence-electron chi connectivity index (χ1n) is 6.81. The molecule has 0 atom stereocenters. The summed E-state index contributed by atoms with van der Waals surface area (Å²) in [5, 5.41) is 26.4. The van der Waals surface area contributed by atoms with Crippen molar-refractivity contribution in [2.45, 2.75) is 13.0 Å². The molecule has 0 amide bonds. The number of H-pyrrole nitrogens is 5. The van der Waals surface area contributed by atoms with Gasteiger partial charge in [0.2, 0.25) is 0 Å². The molecule has 4 rings (SSSR count). The van der Waals surface area contributed by atoms with Gasteiger partial charge in [0.05, 0.1) is 0 Å². The van der Waals surface area contributed by atoms with Gasteiger partial charge in [-0.1, -0.05) is 45.3 Å². The number of nitrogens with one attached hydrogen (secondary N) is 5. The van der Waals surface area contributed by atoms with Crippen LogP contribution < -0.4 is 0 Å². The Hall–Kier alpha value is 0.922. The molecule has 0 spiro atoms. The highest BCUT2D eigenvalue weighted by molar-refractivity contribution is 8.77. The summed E-state index contributed by atoms with van der Waals surface area (Å²) in [6.07, 6.45) is 0. The second-order valence-electron chi connectivity index (χ2n) is 4.21. The molecule has 29 heavy (non-hydrogen) atoms. The number of hydrogen-bond donors (Lipinski definition) is 5. The zero-order valence-electron chi connectivity index (χ0n) is 13.3. The molecule has 0 saturated heterocycles. The second-order valence-corrected chi connectivity index (χ2v) is 23.8. The Bertz CT molecular complexity index is 1180. The van der Waals surface area contributed by atoms with Crippen LogP contribution in [0.3, 0.4) is 0 Å². The van der Waals surface area contributed by atoms with E-state index in [2.05, 4.69) is 40.8 Å². The fourth-order valence-electron chi connectivity index (χ4n) is 1.36. The summed E-state index contributed by atoms with van der Waals surface area (Å²) >= 11 is 30.4. The summed E-state index contributed by atoms with van der Waals surface area (Å²) in [7, 11) is 3.71. The van der Waals surface area contributed by atoms with Gasteiger partial charge in [-0.3, -0.25) is 25.5 Å². The van der Waals surface area contributed by atoms with Crippen LogP contribution in [-0.4, -0.2) is 51.5 Å². The summed E-state index contributed by atoms with van der Waals surface area (Å²) in [6.45, 7) is 0. The number of aromatic nitrogens is 8. The Morgan fingerprint density at radius 2 is 0.897 bits per heavy atom. The average Bonchev–Trinajstić information content (AvgIpc) is 3.42. The fourth-order valence-corrected chi connectivity index (χ4v) is 22.9. The van der Waals surface area contributed by atoms with Gasteiger partial charge in [0.25, 0.3) is 0 Å². The Morgan fingerprint density at radius 1 is 0.552 bits per heavy atom. The molecule has 4 aromatic heterocycles. The van der Waals surface area contributed by atoms with Gasteiger partial charge in [0.1, 0.15) is 0 Å². The predicted octanol–water partition coefficient (Wildman–Crippen LogP) is 6.75. The van der Waals surface area contributed by atoms with Crippen molar-refractivity contribution in [1.29, 1.82) is 0 Å². The molecule has 8 nitrogen and oxygen atoms in total. The van der Waals surface area contributed by atoms with E-state index < -0.39 is 10.8 Å². The third-order valence-corrected chi connectivity index (χ3v) is 19.8. The number of hydrogen-bond acceptors (Lipinski definition) is 15. The first kappa shape index (κ1) is 24.6. The van der Waals surface area contributed by atoms with Crippen molar-refractivity contribution in [3.8, 4) is 0 Å². The Kier molecular flexibility index (Phi) is 10.4. The van der Waals surface area contributed by atoms with E-state index in [0.717, 1.165) is 13.0 Å². The first-order valence-corrected chi connectivity index (χ1v) is 19.0. The van der Waals surface area contributed by atoms with Crippen LogP contribution >= 0.6 is 137 Å². The standard InChI is InChI=1S/4C2H2N2S3.Al/c4*5-1-3-4-2(6)7-1;/h4*(H,3,5)(H,4,6);/q;;;;+3/p-3. The second kappa shape index (κ2) is 12.2. The molecule has 0 unspecified atom stereocenters. The summed E-state index contributed by atoms with van der Waals surface area (Å²) in [5.41, 5.74) is 0. The average molecular weight is 625 g/mol. The zero-order valence-corrected chi connectivity index (χ0v) is 24.3. The normalized spacial score (nSPS) is 10.5. The lowest BCUT2D eigenvalue weighted by molar-refractivity contribution is 1.00. The third-order valence-electron chi connectivity index (χ3n) is 2.30. The van der Waals surface area contributed by atoms with E-state index in [4.69, 9.17) is 61.1 Å². The monoisotopic (exact) mass is 624 g/mol. The lowest BCUT2D eigenvalue weighted by Crippen LogP contribution is -1.97. The molecule has 4 heterocycles. The van der Waals surface area contributed by atoms with E-state index in [0.29, 0.717) is 19.8 Å². The largest absolute Gasteiger partial charge is 0.536 e. The van der Waals surface area contributed by atoms with E-state index in [-0.39, 0.29) is 0 Å². The maximum atomic E-state index is 5.08. The first-order chi connectivity index (χ1) is 13.9. The van der Waals surface area contributed by atoms with Gasteiger partial charge < -0.3 is 0 Å². The molecule has 0 fully saturated rings. The molecule has 0 bridgehead atoms. The summed E-state index contributed by atoms with van der Waals surface area (Å²) in [4.78, 5) is 0. The number of nitrogens with zero attached hydrogens (tertiary/aromatic N) is 3. The quantitative estimate of drug-likeness (QED) is 0.116. The molecule has 0 aliphatic heterocycles. The number of aromatic amines is 5. The van der Waals surface area contributed by atoms with E-state index in [1.807, 2.05) is 0 Å². The van der Waals surface area contributed by atoms with Crippen molar-refractivity contribution in [3.05, 3.63) is 19.8 Å². The Morgan fingerprint density at radius 3 is 1.10 bits per heavy atom. The van der Waals surface area contributed by atoms with Gasteiger partial charge in [-0.2, -0.15) is 45.7 Å². The lowest BCUT2D eigenvalue weighted by atomic mass is 11.6. The van der Waals surface area contributed by atoms with Crippen LogP contribution in [0.2, 0.25) is 0 Å². The molecule has 0 radical (unpaired) electrons. The van der Waals surface area contributed by atoms with Gasteiger partial charge in [0, 0.05) is 0 Å². The van der Waals surface area contributed by atoms with Crippen molar-refractivity contribution in [1.82, 2.24) is 40.8 Å². The van der Waals surface area contributed by atoms with Crippen LogP contribution in [0.1, 0.15) is 0 Å². The van der Waals surface area contributed by atoms with E-state index in [9.17, 15) is 0 Å². The molecule has 0 saturated carbocycles. The van der Waals surface area contributed by atoms with Gasteiger partial charge in [-0.25, -0.2) is 0 Å². The highest BCUT2D eigenvalue weighted by Gasteiger charge is 2.28. The van der Waals surface area contributed by atoms with Crippen LogP contribution in [0.4, 0.5) is 0 Å². The minimum absolute atomic E-state index is 0.677. The molecule has 0 aliphatic carbocycles. The molecule has 152 valence electrons. The minimum atomic E-state index is -1.48. The summed E-state index contributed by atoms with van der Waals surface area (Å²) in [5.74, 6) is 0. The highest BCUT2D eigenvalue weighted by Crippen LogP contribution is 2.43. The van der Waals surface area contributed by atoms with Crippen molar-refractivity contribution in [3.63, 3.8) is 0 Å². The topological polar surface area (TPSA) is 118 Å². The molecule has 5 N–H and O–H groups in total. The maximum absolute atomic E-state index is 5.08. The van der Waals surface area contributed by atoms with Crippen molar-refractivity contribution >= 4 is 148 Å². The van der Waals surface area contributed by atoms with Crippen molar-refractivity contribution in [2.24, 2.45) is 0 Å². The van der Waals surface area contributed by atoms with Crippen LogP contribution in [-0.2, 0) is 0 Å². The smallest absolute Gasteiger partial charge is 0.281 e. The lowest BCUT2D eigenvalue weighted by Gasteiger charge is -2.04. The Labute approximate surface area is 218 Å². The SMILES string of the molecule is S=c1[nH][nH]c(=S)s1.S=c1[nH]nc([S][Al]([S]c2n[nH]c(=S)s2)[S]c2n[nH]c(=S)s2)s1. The van der Waals surface area contributed by atoms with Gasteiger partial charge >= 0.3 is 10.8 Å². The molecule has 0 aromatic carbocycles. The van der Waals surface area contributed by atoms with Crippen molar-refractivity contribution in [2.75, 3.05) is 0 Å². The predicted molar refractivity (Wildman–Crippen MR) is 140 cm³/mol. The van der Waals surface area contributed by atoms with Crippen LogP contribution in [0.15, 0.2) is 13.0 Å². The van der Waals surface area contributed by atoms with E-state index in [1.54, 1.807) is 30.4 Å². The van der Waals surface area contributed by atoms with E-state index >= 15 is 0 Å². The van der Waals surface area contributed by atoms with Gasteiger partial charge in [-0.05, 0) is 61.1 Å². The molecule has 21 heteroatoms. The van der Waals surface area contributed by atoms with Crippen LogP contribution in [0, 0.1) is 19.8 Å². The maximum Gasteiger partial charge on any atom is 0.536 e. The van der Waals surface area contributed by atoms with Crippen molar-refractivity contribution < 1.29 is 0 Å². The van der Waals surface area contributed by atoms with E-state index in [1.165, 1.54) is 45.3 Å².